The maximum atomic E-state index is 12.3. The third kappa shape index (κ3) is 2.35. The van der Waals surface area contributed by atoms with Crippen LogP contribution in [0.4, 0.5) is 5.69 Å². The molecule has 0 aliphatic carbocycles. The summed E-state index contributed by atoms with van der Waals surface area (Å²) in [6.45, 7) is 0. The Balaban J connectivity index is 2.06. The third-order valence-electron chi connectivity index (χ3n) is 2.95. The first kappa shape index (κ1) is 12.6. The topological polar surface area (TPSA) is 59.1 Å². The summed E-state index contributed by atoms with van der Waals surface area (Å²) in [5, 5.41) is 0.773. The second kappa shape index (κ2) is 4.94. The molecule has 100 valence electrons. The van der Waals surface area contributed by atoms with Gasteiger partial charge in [0.05, 0.1) is 16.1 Å². The molecule has 1 aromatic heterocycles. The molecule has 2 aromatic carbocycles. The quantitative estimate of drug-likeness (QED) is 0.804. The number of pyridine rings is 1. The van der Waals surface area contributed by atoms with E-state index in [-0.39, 0.29) is 4.90 Å². The number of benzene rings is 2. The highest BCUT2D eigenvalue weighted by molar-refractivity contribution is 7.92. The molecule has 20 heavy (non-hydrogen) atoms. The van der Waals surface area contributed by atoms with E-state index >= 15 is 0 Å². The number of nitrogens with zero attached hydrogens (tertiary/aromatic N) is 1. The first-order valence-electron chi connectivity index (χ1n) is 6.08. The number of hydrogen-bond donors (Lipinski definition) is 1. The highest BCUT2D eigenvalue weighted by Crippen LogP contribution is 2.23. The largest absolute Gasteiger partial charge is 0.279 e. The minimum atomic E-state index is -3.58. The Morgan fingerprint density at radius 1 is 0.850 bits per heavy atom. The van der Waals surface area contributed by atoms with Crippen LogP contribution in [0.5, 0.6) is 0 Å². The Labute approximate surface area is 117 Å². The number of nitrogens with one attached hydrogen (secondary N) is 1. The molecule has 0 bridgehead atoms. The van der Waals surface area contributed by atoms with E-state index in [0.717, 1.165) is 10.9 Å². The maximum Gasteiger partial charge on any atom is 0.261 e. The van der Waals surface area contributed by atoms with Crippen molar-refractivity contribution in [3.05, 3.63) is 66.9 Å². The minimum Gasteiger partial charge on any atom is -0.279 e. The molecule has 1 heterocycles. The lowest BCUT2D eigenvalue weighted by Gasteiger charge is -2.10. The van der Waals surface area contributed by atoms with Crippen molar-refractivity contribution < 1.29 is 8.42 Å². The molecule has 0 amide bonds. The highest BCUT2D eigenvalue weighted by Gasteiger charge is 2.14. The first-order valence-corrected chi connectivity index (χ1v) is 7.57. The maximum absolute atomic E-state index is 12.3. The monoisotopic (exact) mass is 284 g/mol. The lowest BCUT2D eigenvalue weighted by Crippen LogP contribution is -2.13. The molecule has 0 aliphatic rings. The molecule has 0 radical (unpaired) electrons. The fourth-order valence-corrected chi connectivity index (χ4v) is 3.09. The van der Waals surface area contributed by atoms with Crippen molar-refractivity contribution in [1.29, 1.82) is 0 Å². The van der Waals surface area contributed by atoms with Crippen molar-refractivity contribution >= 4 is 26.6 Å². The molecule has 0 saturated heterocycles. The van der Waals surface area contributed by atoms with Gasteiger partial charge in [-0.25, -0.2) is 8.42 Å². The molecule has 4 nitrogen and oxygen atoms in total. The van der Waals surface area contributed by atoms with Gasteiger partial charge in [-0.05, 0) is 24.3 Å². The molecule has 0 fully saturated rings. The van der Waals surface area contributed by atoms with Gasteiger partial charge in [-0.3, -0.25) is 9.71 Å². The van der Waals surface area contributed by atoms with Crippen LogP contribution in [0.15, 0.2) is 71.8 Å². The smallest absolute Gasteiger partial charge is 0.261 e. The molecule has 0 atom stereocenters. The van der Waals surface area contributed by atoms with Crippen molar-refractivity contribution in [3.63, 3.8) is 0 Å². The van der Waals surface area contributed by atoms with Crippen molar-refractivity contribution in [2.75, 3.05) is 4.72 Å². The van der Waals surface area contributed by atoms with Crippen LogP contribution in [0.2, 0.25) is 0 Å². The number of hydrogen-bond acceptors (Lipinski definition) is 3. The molecule has 0 saturated carbocycles. The van der Waals surface area contributed by atoms with Gasteiger partial charge < -0.3 is 0 Å². The molecular weight excluding hydrogens is 272 g/mol. The van der Waals surface area contributed by atoms with Crippen molar-refractivity contribution in [2.45, 2.75) is 4.90 Å². The molecule has 0 spiro atoms. The Morgan fingerprint density at radius 3 is 2.35 bits per heavy atom. The molecule has 1 N–H and O–H groups in total. The van der Waals surface area contributed by atoms with Crippen LogP contribution in [-0.2, 0) is 10.0 Å². The zero-order chi connectivity index (χ0) is 14.0. The van der Waals surface area contributed by atoms with E-state index in [9.17, 15) is 8.42 Å². The van der Waals surface area contributed by atoms with Crippen LogP contribution < -0.4 is 4.72 Å². The van der Waals surface area contributed by atoms with Crippen molar-refractivity contribution in [1.82, 2.24) is 4.98 Å². The molecule has 0 unspecified atom stereocenters. The van der Waals surface area contributed by atoms with Crippen LogP contribution in [-0.4, -0.2) is 13.4 Å². The van der Waals surface area contributed by atoms with Gasteiger partial charge in [0.15, 0.2) is 0 Å². The summed E-state index contributed by atoms with van der Waals surface area (Å²) in [6.07, 6.45) is 1.59. The number of rotatable bonds is 3. The normalized spacial score (nSPS) is 11.4. The molecule has 0 aliphatic heterocycles. The summed E-state index contributed by atoms with van der Waals surface area (Å²) >= 11 is 0. The zero-order valence-corrected chi connectivity index (χ0v) is 11.3. The molecular formula is C15H12N2O2S. The number of sulfonamides is 1. The second-order valence-corrected chi connectivity index (χ2v) is 5.98. The van der Waals surface area contributed by atoms with Gasteiger partial charge in [0.1, 0.15) is 0 Å². The summed E-state index contributed by atoms with van der Waals surface area (Å²) in [4.78, 5) is 4.45. The SMILES string of the molecule is O=S(=O)(Nc1ccnc2ccccc12)c1ccccc1. The van der Waals surface area contributed by atoms with Gasteiger partial charge in [-0.2, -0.15) is 0 Å². The lowest BCUT2D eigenvalue weighted by molar-refractivity contribution is 0.601. The highest BCUT2D eigenvalue weighted by atomic mass is 32.2. The average molecular weight is 284 g/mol. The van der Waals surface area contributed by atoms with E-state index in [0.29, 0.717) is 5.69 Å². The summed E-state index contributed by atoms with van der Waals surface area (Å²) in [7, 11) is -3.58. The van der Waals surface area contributed by atoms with E-state index in [1.165, 1.54) is 0 Å². The fraction of sp³-hybridized carbons (Fsp3) is 0. The van der Waals surface area contributed by atoms with Crippen LogP contribution in [0, 0.1) is 0 Å². The number of fused-ring (bicyclic) bond motifs is 1. The van der Waals surface area contributed by atoms with Crippen molar-refractivity contribution in [2.24, 2.45) is 0 Å². The molecule has 3 aromatic rings. The fourth-order valence-electron chi connectivity index (χ4n) is 1.99. The minimum absolute atomic E-state index is 0.237. The van der Waals surface area contributed by atoms with Gasteiger partial charge in [-0.1, -0.05) is 36.4 Å². The van der Waals surface area contributed by atoms with E-state index in [4.69, 9.17) is 0 Å². The predicted molar refractivity (Wildman–Crippen MR) is 79.0 cm³/mol. The zero-order valence-electron chi connectivity index (χ0n) is 10.5. The van der Waals surface area contributed by atoms with E-state index in [1.54, 1.807) is 42.6 Å². The van der Waals surface area contributed by atoms with Gasteiger partial charge in [0.2, 0.25) is 0 Å². The second-order valence-electron chi connectivity index (χ2n) is 4.29. The Hall–Kier alpha value is -2.40. The summed E-state index contributed by atoms with van der Waals surface area (Å²) < 4.78 is 27.2. The molecule has 5 heteroatoms. The summed E-state index contributed by atoms with van der Waals surface area (Å²) in [5.41, 5.74) is 1.28. The van der Waals surface area contributed by atoms with E-state index < -0.39 is 10.0 Å². The van der Waals surface area contributed by atoms with Crippen LogP contribution in [0.3, 0.4) is 0 Å². The van der Waals surface area contributed by atoms with Gasteiger partial charge in [0.25, 0.3) is 10.0 Å². The number of anilines is 1. The summed E-state index contributed by atoms with van der Waals surface area (Å²) in [6, 6.07) is 17.3. The van der Waals surface area contributed by atoms with Crippen LogP contribution in [0.25, 0.3) is 10.9 Å². The Bertz CT molecular complexity index is 841. The van der Waals surface area contributed by atoms with Gasteiger partial charge in [-0.15, -0.1) is 0 Å². The van der Waals surface area contributed by atoms with Crippen LogP contribution >= 0.6 is 0 Å². The first-order chi connectivity index (χ1) is 9.67. The Morgan fingerprint density at radius 2 is 1.55 bits per heavy atom. The van der Waals surface area contributed by atoms with E-state index in [2.05, 4.69) is 9.71 Å². The predicted octanol–water partition coefficient (Wildman–Crippen LogP) is 3.04. The van der Waals surface area contributed by atoms with Crippen LogP contribution in [0.1, 0.15) is 0 Å². The van der Waals surface area contributed by atoms with Crippen molar-refractivity contribution in [3.8, 4) is 0 Å². The average Bonchev–Trinajstić information content (AvgIpc) is 2.48. The van der Waals surface area contributed by atoms with E-state index in [1.807, 2.05) is 24.3 Å². The van der Waals surface area contributed by atoms with Gasteiger partial charge in [0, 0.05) is 11.6 Å². The summed E-state index contributed by atoms with van der Waals surface area (Å²) in [5.74, 6) is 0. The lowest BCUT2D eigenvalue weighted by atomic mass is 10.2. The Kier molecular flexibility index (Phi) is 3.12. The van der Waals surface area contributed by atoms with Gasteiger partial charge >= 0.3 is 0 Å². The standard InChI is InChI=1S/C15H12N2O2S/c18-20(19,12-6-2-1-3-7-12)17-15-10-11-16-14-9-5-4-8-13(14)15/h1-11H,(H,16,17). The molecule has 3 rings (SSSR count). The number of aromatic nitrogens is 1. The third-order valence-corrected chi connectivity index (χ3v) is 4.33. The number of para-hydroxylation sites is 1.